The lowest BCUT2D eigenvalue weighted by Gasteiger charge is -2.23. The molecule has 0 unspecified atom stereocenters. The van der Waals surface area contributed by atoms with Crippen molar-refractivity contribution in [3.63, 3.8) is 0 Å². The van der Waals surface area contributed by atoms with Gasteiger partial charge < -0.3 is 10.2 Å². The summed E-state index contributed by atoms with van der Waals surface area (Å²) in [5.41, 5.74) is 1.97. The highest BCUT2D eigenvalue weighted by molar-refractivity contribution is 7.80. The van der Waals surface area contributed by atoms with Crippen LogP contribution in [0.1, 0.15) is 26.3 Å². The van der Waals surface area contributed by atoms with Crippen molar-refractivity contribution in [2.75, 3.05) is 18.5 Å². The molecule has 2 amide bonds. The number of hydrogen-bond acceptors (Lipinski definition) is 3. The normalized spacial score (nSPS) is 10.3. The lowest BCUT2D eigenvalue weighted by molar-refractivity contribution is 0.0952. The summed E-state index contributed by atoms with van der Waals surface area (Å²) in [5.74, 6) is -1.54. The fraction of sp³-hybridized carbons (Fsp3) is 0.125. The van der Waals surface area contributed by atoms with Gasteiger partial charge in [-0.25, -0.2) is 4.39 Å². The highest BCUT2D eigenvalue weighted by Crippen LogP contribution is 2.19. The van der Waals surface area contributed by atoms with Gasteiger partial charge >= 0.3 is 0 Å². The molecule has 0 spiro atoms. The number of nitrogens with zero attached hydrogens (tertiary/aromatic N) is 1. The fourth-order valence-corrected chi connectivity index (χ4v) is 3.21. The van der Waals surface area contributed by atoms with Crippen LogP contribution in [0.15, 0.2) is 78.9 Å². The molecule has 0 aliphatic rings. The van der Waals surface area contributed by atoms with E-state index in [1.807, 2.05) is 30.3 Å². The van der Waals surface area contributed by atoms with Crippen LogP contribution < -0.4 is 15.5 Å². The van der Waals surface area contributed by atoms with Crippen LogP contribution in [0.3, 0.4) is 0 Å². The second kappa shape index (κ2) is 10.4. The van der Waals surface area contributed by atoms with Crippen LogP contribution in [-0.4, -0.2) is 30.5 Å². The molecule has 0 bridgehead atoms. The van der Waals surface area contributed by atoms with E-state index in [1.54, 1.807) is 37.4 Å². The summed E-state index contributed by atoms with van der Waals surface area (Å²) >= 11 is 5.32. The lowest BCUT2D eigenvalue weighted by atomic mass is 10.1. The van der Waals surface area contributed by atoms with Gasteiger partial charge in [-0.3, -0.25) is 14.9 Å². The largest absolute Gasteiger partial charge is 0.352 e. The maximum atomic E-state index is 13.9. The van der Waals surface area contributed by atoms with Crippen molar-refractivity contribution >= 4 is 34.8 Å². The van der Waals surface area contributed by atoms with Crippen molar-refractivity contribution in [2.45, 2.75) is 6.42 Å². The van der Waals surface area contributed by atoms with Crippen molar-refractivity contribution in [1.29, 1.82) is 0 Å². The minimum atomic E-state index is -0.653. The molecule has 0 fully saturated rings. The van der Waals surface area contributed by atoms with Gasteiger partial charge in [0.15, 0.2) is 5.11 Å². The smallest absolute Gasteiger partial charge is 0.260 e. The molecule has 0 atom stereocenters. The molecule has 3 rings (SSSR count). The van der Waals surface area contributed by atoms with Crippen molar-refractivity contribution in [1.82, 2.24) is 10.6 Å². The molecule has 0 aromatic heterocycles. The third kappa shape index (κ3) is 5.73. The Morgan fingerprint density at radius 1 is 0.871 bits per heavy atom. The van der Waals surface area contributed by atoms with Gasteiger partial charge in [0.25, 0.3) is 11.8 Å². The van der Waals surface area contributed by atoms with Crippen LogP contribution in [0, 0.1) is 5.82 Å². The van der Waals surface area contributed by atoms with E-state index < -0.39 is 11.7 Å². The molecule has 0 aliphatic carbocycles. The van der Waals surface area contributed by atoms with Crippen LogP contribution in [-0.2, 0) is 6.42 Å². The van der Waals surface area contributed by atoms with E-state index in [9.17, 15) is 14.0 Å². The maximum absolute atomic E-state index is 13.9. The molecule has 0 heterocycles. The summed E-state index contributed by atoms with van der Waals surface area (Å²) in [6, 6.07) is 22.5. The summed E-state index contributed by atoms with van der Waals surface area (Å²) < 4.78 is 13.9. The Morgan fingerprint density at radius 3 is 2.19 bits per heavy atom. The van der Waals surface area contributed by atoms with Crippen molar-refractivity contribution in [3.05, 3.63) is 101 Å². The second-order valence-electron chi connectivity index (χ2n) is 6.81. The molecule has 0 saturated heterocycles. The number of para-hydroxylation sites is 1. The first-order chi connectivity index (χ1) is 15.0. The monoisotopic (exact) mass is 435 g/mol. The average Bonchev–Trinajstić information content (AvgIpc) is 2.79. The number of halogens is 1. The highest BCUT2D eigenvalue weighted by Gasteiger charge is 2.19. The minimum absolute atomic E-state index is 0.0535. The predicted molar refractivity (Wildman–Crippen MR) is 124 cm³/mol. The van der Waals surface area contributed by atoms with Gasteiger partial charge in [0, 0.05) is 13.6 Å². The van der Waals surface area contributed by atoms with E-state index in [1.165, 1.54) is 23.1 Å². The number of benzene rings is 3. The van der Waals surface area contributed by atoms with Crippen LogP contribution >= 0.6 is 12.2 Å². The number of amides is 2. The molecule has 0 aliphatic heterocycles. The van der Waals surface area contributed by atoms with Crippen molar-refractivity contribution < 1.29 is 14.0 Å². The number of thiocarbonyl (C=S) groups is 1. The maximum Gasteiger partial charge on any atom is 0.260 e. The average molecular weight is 436 g/mol. The predicted octanol–water partition coefficient (Wildman–Crippen LogP) is 3.95. The van der Waals surface area contributed by atoms with Gasteiger partial charge in [-0.15, -0.1) is 0 Å². The Labute approximate surface area is 185 Å². The first kappa shape index (κ1) is 22.1. The Morgan fingerprint density at radius 2 is 1.48 bits per heavy atom. The zero-order valence-electron chi connectivity index (χ0n) is 17.0. The molecule has 31 heavy (non-hydrogen) atoms. The molecule has 5 nitrogen and oxygen atoms in total. The summed E-state index contributed by atoms with van der Waals surface area (Å²) in [6.45, 7) is 0.482. The summed E-state index contributed by atoms with van der Waals surface area (Å²) in [7, 11) is 1.64. The number of carbonyl (C=O) groups is 2. The number of anilines is 1. The second-order valence-corrected chi connectivity index (χ2v) is 7.19. The Bertz CT molecular complexity index is 1090. The van der Waals surface area contributed by atoms with E-state index in [0.717, 1.165) is 5.56 Å². The first-order valence-electron chi connectivity index (χ1n) is 9.72. The van der Waals surface area contributed by atoms with E-state index >= 15 is 0 Å². The van der Waals surface area contributed by atoms with Gasteiger partial charge in [-0.1, -0.05) is 54.6 Å². The standard InChI is InChI=1S/C24H22FN3O2S/c1-28(24(31)27-23(30)18-11-5-7-13-20(18)25)21-14-8-6-12-19(21)22(29)26-16-15-17-9-3-2-4-10-17/h2-14H,15-16H2,1H3,(H,26,29)(H,27,30,31). The van der Waals surface area contributed by atoms with Gasteiger partial charge in [0.05, 0.1) is 16.8 Å². The van der Waals surface area contributed by atoms with E-state index in [2.05, 4.69) is 10.6 Å². The zero-order valence-corrected chi connectivity index (χ0v) is 17.8. The van der Waals surface area contributed by atoms with Crippen LogP contribution in [0.2, 0.25) is 0 Å². The van der Waals surface area contributed by atoms with E-state index in [-0.39, 0.29) is 16.6 Å². The lowest BCUT2D eigenvalue weighted by Crippen LogP contribution is -2.41. The third-order valence-corrected chi connectivity index (χ3v) is 5.07. The third-order valence-electron chi connectivity index (χ3n) is 4.70. The van der Waals surface area contributed by atoms with Gasteiger partial charge in [-0.2, -0.15) is 0 Å². The molecule has 2 N–H and O–H groups in total. The molecular weight excluding hydrogens is 413 g/mol. The zero-order chi connectivity index (χ0) is 22.2. The molecule has 0 radical (unpaired) electrons. The number of carbonyl (C=O) groups excluding carboxylic acids is 2. The Hall–Kier alpha value is -3.58. The highest BCUT2D eigenvalue weighted by atomic mass is 32.1. The van der Waals surface area contributed by atoms with Crippen LogP contribution in [0.25, 0.3) is 0 Å². The molecule has 7 heteroatoms. The molecule has 0 saturated carbocycles. The van der Waals surface area contributed by atoms with Crippen molar-refractivity contribution in [2.24, 2.45) is 0 Å². The van der Waals surface area contributed by atoms with E-state index in [0.29, 0.717) is 24.2 Å². The summed E-state index contributed by atoms with van der Waals surface area (Å²) in [4.78, 5) is 26.6. The first-order valence-corrected chi connectivity index (χ1v) is 10.1. The van der Waals surface area contributed by atoms with Gasteiger partial charge in [0.1, 0.15) is 5.82 Å². The number of hydrogen-bond donors (Lipinski definition) is 2. The molecule has 3 aromatic carbocycles. The Balaban J connectivity index is 1.66. The Kier molecular flexibility index (Phi) is 7.45. The van der Waals surface area contributed by atoms with Gasteiger partial charge in [0.2, 0.25) is 0 Å². The molecule has 158 valence electrons. The van der Waals surface area contributed by atoms with Gasteiger partial charge in [-0.05, 0) is 48.5 Å². The van der Waals surface area contributed by atoms with Crippen LogP contribution in [0.4, 0.5) is 10.1 Å². The molecular formula is C24H22FN3O2S. The fourth-order valence-electron chi connectivity index (χ4n) is 3.02. The van der Waals surface area contributed by atoms with E-state index in [4.69, 9.17) is 12.2 Å². The number of rotatable bonds is 6. The molecule has 3 aromatic rings. The van der Waals surface area contributed by atoms with Crippen LogP contribution in [0.5, 0.6) is 0 Å². The topological polar surface area (TPSA) is 61.4 Å². The summed E-state index contributed by atoms with van der Waals surface area (Å²) in [5, 5.41) is 5.48. The SMILES string of the molecule is CN(C(=S)NC(=O)c1ccccc1F)c1ccccc1C(=O)NCCc1ccccc1. The quantitative estimate of drug-likeness (QED) is 0.576. The number of nitrogens with one attached hydrogen (secondary N) is 2. The minimum Gasteiger partial charge on any atom is -0.352 e. The van der Waals surface area contributed by atoms with Crippen molar-refractivity contribution in [3.8, 4) is 0 Å². The summed E-state index contributed by atoms with van der Waals surface area (Å²) in [6.07, 6.45) is 0.710.